The van der Waals surface area contributed by atoms with Crippen LogP contribution < -0.4 is 5.73 Å². The van der Waals surface area contributed by atoms with Crippen molar-refractivity contribution in [3.63, 3.8) is 0 Å². The standard InChI is InChI=1S/C13H9ClN4O2/c14-9-4-2-1-3-7(9)8-5-10(19)11(12(15)20)18-13(8)16-6-17-18/h1-6,19H,(H2,15,20). The minimum atomic E-state index is -0.788. The summed E-state index contributed by atoms with van der Waals surface area (Å²) in [5.41, 5.74) is 6.77. The molecule has 3 aromatic rings. The van der Waals surface area contributed by atoms with Gasteiger partial charge in [-0.05, 0) is 12.1 Å². The number of nitrogens with two attached hydrogens (primary N) is 1. The highest BCUT2D eigenvalue weighted by Gasteiger charge is 2.19. The van der Waals surface area contributed by atoms with Gasteiger partial charge in [-0.3, -0.25) is 4.79 Å². The van der Waals surface area contributed by atoms with Crippen LogP contribution >= 0.6 is 11.6 Å². The molecule has 0 saturated carbocycles. The molecule has 0 spiro atoms. The number of amides is 1. The summed E-state index contributed by atoms with van der Waals surface area (Å²) in [6, 6.07) is 8.53. The van der Waals surface area contributed by atoms with E-state index in [2.05, 4.69) is 10.1 Å². The number of carbonyl (C=O) groups is 1. The van der Waals surface area contributed by atoms with E-state index < -0.39 is 5.91 Å². The van der Waals surface area contributed by atoms with E-state index in [1.165, 1.54) is 16.9 Å². The number of primary amides is 1. The van der Waals surface area contributed by atoms with Gasteiger partial charge >= 0.3 is 0 Å². The van der Waals surface area contributed by atoms with Crippen LogP contribution in [0.3, 0.4) is 0 Å². The van der Waals surface area contributed by atoms with Gasteiger partial charge in [0.15, 0.2) is 11.3 Å². The molecule has 0 aliphatic heterocycles. The highest BCUT2D eigenvalue weighted by molar-refractivity contribution is 6.33. The fourth-order valence-electron chi connectivity index (χ4n) is 2.08. The minimum absolute atomic E-state index is 0.117. The van der Waals surface area contributed by atoms with Crippen molar-refractivity contribution in [2.24, 2.45) is 5.73 Å². The molecule has 0 unspecified atom stereocenters. The highest BCUT2D eigenvalue weighted by atomic mass is 35.5. The zero-order valence-corrected chi connectivity index (χ0v) is 10.9. The Labute approximate surface area is 118 Å². The lowest BCUT2D eigenvalue weighted by Gasteiger charge is -2.09. The van der Waals surface area contributed by atoms with E-state index in [4.69, 9.17) is 17.3 Å². The number of carbonyl (C=O) groups excluding carboxylic acids is 1. The van der Waals surface area contributed by atoms with Crippen LogP contribution in [0.4, 0.5) is 0 Å². The van der Waals surface area contributed by atoms with Gasteiger partial charge < -0.3 is 10.8 Å². The maximum Gasteiger partial charge on any atom is 0.271 e. The molecule has 1 aromatic carbocycles. The Kier molecular flexibility index (Phi) is 2.80. The molecule has 2 aromatic heterocycles. The molecule has 20 heavy (non-hydrogen) atoms. The predicted octanol–water partition coefficient (Wildman–Crippen LogP) is 1.85. The van der Waals surface area contributed by atoms with Gasteiger partial charge in [0.2, 0.25) is 0 Å². The molecule has 0 atom stereocenters. The monoisotopic (exact) mass is 288 g/mol. The average Bonchev–Trinajstić information content (AvgIpc) is 2.86. The Bertz CT molecular complexity index is 828. The topological polar surface area (TPSA) is 93.5 Å². The van der Waals surface area contributed by atoms with Gasteiger partial charge in [-0.2, -0.15) is 5.10 Å². The lowest BCUT2D eigenvalue weighted by atomic mass is 10.1. The number of rotatable bonds is 2. The van der Waals surface area contributed by atoms with Gasteiger partial charge in [0, 0.05) is 16.1 Å². The Morgan fingerprint density at radius 3 is 2.75 bits per heavy atom. The van der Waals surface area contributed by atoms with Gasteiger partial charge in [0.25, 0.3) is 5.91 Å². The molecule has 3 N–H and O–H groups in total. The van der Waals surface area contributed by atoms with Gasteiger partial charge in [-0.1, -0.05) is 29.8 Å². The van der Waals surface area contributed by atoms with Crippen LogP contribution in [0.1, 0.15) is 10.5 Å². The lowest BCUT2D eigenvalue weighted by molar-refractivity contribution is 0.0990. The number of hydrogen-bond donors (Lipinski definition) is 2. The summed E-state index contributed by atoms with van der Waals surface area (Å²) in [6.45, 7) is 0. The van der Waals surface area contributed by atoms with Gasteiger partial charge in [0.1, 0.15) is 12.1 Å². The van der Waals surface area contributed by atoms with Crippen LogP contribution in [0.2, 0.25) is 5.02 Å². The smallest absolute Gasteiger partial charge is 0.271 e. The van der Waals surface area contributed by atoms with Crippen molar-refractivity contribution in [1.29, 1.82) is 0 Å². The number of halogens is 1. The van der Waals surface area contributed by atoms with Crippen LogP contribution in [0.5, 0.6) is 5.75 Å². The van der Waals surface area contributed by atoms with E-state index in [-0.39, 0.29) is 11.4 Å². The van der Waals surface area contributed by atoms with E-state index in [9.17, 15) is 9.90 Å². The Hall–Kier alpha value is -2.60. The number of fused-ring (bicyclic) bond motifs is 1. The highest BCUT2D eigenvalue weighted by Crippen LogP contribution is 2.33. The first-order valence-electron chi connectivity index (χ1n) is 5.70. The predicted molar refractivity (Wildman–Crippen MR) is 73.6 cm³/mol. The van der Waals surface area contributed by atoms with Crippen molar-refractivity contribution in [1.82, 2.24) is 14.6 Å². The van der Waals surface area contributed by atoms with Gasteiger partial charge in [-0.15, -0.1) is 0 Å². The molecule has 2 heterocycles. The van der Waals surface area contributed by atoms with Gasteiger partial charge in [-0.25, -0.2) is 9.50 Å². The summed E-state index contributed by atoms with van der Waals surface area (Å²) in [6.07, 6.45) is 1.28. The normalized spacial score (nSPS) is 10.8. The summed E-state index contributed by atoms with van der Waals surface area (Å²) in [5, 5.41) is 14.4. The van der Waals surface area contributed by atoms with Crippen LogP contribution in [-0.4, -0.2) is 25.6 Å². The Balaban J connectivity index is 2.40. The second kappa shape index (κ2) is 4.50. The summed E-state index contributed by atoms with van der Waals surface area (Å²) in [7, 11) is 0. The molecule has 0 saturated heterocycles. The number of benzene rings is 1. The van der Waals surface area contributed by atoms with Crippen LogP contribution in [0.15, 0.2) is 36.7 Å². The molecule has 7 heteroatoms. The third-order valence-electron chi connectivity index (χ3n) is 2.92. The fraction of sp³-hybridized carbons (Fsp3) is 0. The third-order valence-corrected chi connectivity index (χ3v) is 3.25. The summed E-state index contributed by atoms with van der Waals surface area (Å²) in [4.78, 5) is 15.5. The molecule has 1 amide bonds. The quantitative estimate of drug-likeness (QED) is 0.752. The van der Waals surface area contributed by atoms with Crippen molar-refractivity contribution in [3.05, 3.63) is 47.4 Å². The molecule has 0 aliphatic rings. The Morgan fingerprint density at radius 1 is 1.30 bits per heavy atom. The van der Waals surface area contributed by atoms with Crippen molar-refractivity contribution < 1.29 is 9.90 Å². The van der Waals surface area contributed by atoms with E-state index in [1.54, 1.807) is 18.2 Å². The molecule has 100 valence electrons. The Morgan fingerprint density at radius 2 is 2.05 bits per heavy atom. The number of aromatic hydroxyl groups is 1. The maximum absolute atomic E-state index is 11.4. The second-order valence-corrected chi connectivity index (χ2v) is 4.54. The maximum atomic E-state index is 11.4. The molecule has 0 fully saturated rings. The minimum Gasteiger partial charge on any atom is -0.505 e. The lowest BCUT2D eigenvalue weighted by Crippen LogP contribution is -2.16. The van der Waals surface area contributed by atoms with E-state index in [1.807, 2.05) is 6.07 Å². The molecule has 0 radical (unpaired) electrons. The van der Waals surface area contributed by atoms with E-state index in [0.717, 1.165) is 0 Å². The molecule has 3 rings (SSSR count). The third kappa shape index (κ3) is 1.78. The first kappa shape index (κ1) is 12.4. The average molecular weight is 289 g/mol. The molecular formula is C13H9ClN4O2. The second-order valence-electron chi connectivity index (χ2n) is 4.13. The van der Waals surface area contributed by atoms with Crippen molar-refractivity contribution in [3.8, 4) is 16.9 Å². The first-order valence-corrected chi connectivity index (χ1v) is 6.08. The summed E-state index contributed by atoms with van der Waals surface area (Å²) < 4.78 is 1.20. The van der Waals surface area contributed by atoms with E-state index in [0.29, 0.717) is 21.8 Å². The van der Waals surface area contributed by atoms with E-state index >= 15 is 0 Å². The van der Waals surface area contributed by atoms with Crippen LogP contribution in [0.25, 0.3) is 16.8 Å². The summed E-state index contributed by atoms with van der Waals surface area (Å²) in [5.74, 6) is -1.06. The number of hydrogen-bond acceptors (Lipinski definition) is 4. The molecule has 0 aliphatic carbocycles. The van der Waals surface area contributed by atoms with Crippen LogP contribution in [0, 0.1) is 0 Å². The number of aromatic nitrogens is 3. The van der Waals surface area contributed by atoms with Crippen molar-refractivity contribution >= 4 is 23.2 Å². The van der Waals surface area contributed by atoms with Crippen molar-refractivity contribution in [2.45, 2.75) is 0 Å². The number of pyridine rings is 1. The number of nitrogens with zero attached hydrogens (tertiary/aromatic N) is 3. The zero-order chi connectivity index (χ0) is 14.3. The fourth-order valence-corrected chi connectivity index (χ4v) is 2.31. The van der Waals surface area contributed by atoms with Crippen LogP contribution in [-0.2, 0) is 0 Å². The van der Waals surface area contributed by atoms with Gasteiger partial charge in [0.05, 0.1) is 0 Å². The zero-order valence-electron chi connectivity index (χ0n) is 10.1. The molecule has 0 bridgehead atoms. The SMILES string of the molecule is NC(=O)c1c(O)cc(-c2ccccc2Cl)c2ncnn12. The summed E-state index contributed by atoms with van der Waals surface area (Å²) >= 11 is 6.15. The molecular weight excluding hydrogens is 280 g/mol. The first-order chi connectivity index (χ1) is 9.59. The molecule has 6 nitrogen and oxygen atoms in total. The largest absolute Gasteiger partial charge is 0.505 e. The van der Waals surface area contributed by atoms with Crippen molar-refractivity contribution in [2.75, 3.05) is 0 Å².